The quantitative estimate of drug-likeness (QED) is 0.460. The maximum absolute atomic E-state index is 14.0. The van der Waals surface area contributed by atoms with Crippen LogP contribution in [0.25, 0.3) is 0 Å². The average molecular weight is 508 g/mol. The maximum atomic E-state index is 14.0. The normalized spacial score (nSPS) is 42.5. The SMILES string of the molecule is CCC1C(=O)C2C3CCC(C(C)CCC(=O)NCCS(=O)O)C3(C)CCC2C2(C)CCC(=O)CC12. The van der Waals surface area contributed by atoms with Gasteiger partial charge in [0.05, 0.1) is 5.75 Å². The summed E-state index contributed by atoms with van der Waals surface area (Å²) in [5, 5.41) is 2.75. The summed E-state index contributed by atoms with van der Waals surface area (Å²) in [7, 11) is 0. The molecular weight excluding hydrogens is 462 g/mol. The van der Waals surface area contributed by atoms with Crippen molar-refractivity contribution in [2.24, 2.45) is 52.3 Å². The first-order chi connectivity index (χ1) is 16.5. The van der Waals surface area contributed by atoms with Gasteiger partial charge in [-0.15, -0.1) is 0 Å². The highest BCUT2D eigenvalue weighted by Gasteiger charge is 2.65. The van der Waals surface area contributed by atoms with E-state index in [0.717, 1.165) is 44.9 Å². The summed E-state index contributed by atoms with van der Waals surface area (Å²) in [6, 6.07) is 0. The van der Waals surface area contributed by atoms with E-state index in [0.29, 0.717) is 54.5 Å². The van der Waals surface area contributed by atoms with Crippen LogP contribution >= 0.6 is 0 Å². The molecule has 6 nitrogen and oxygen atoms in total. The number of fused-ring (bicyclic) bond motifs is 5. The summed E-state index contributed by atoms with van der Waals surface area (Å²) in [6.07, 6.45) is 8.77. The van der Waals surface area contributed by atoms with Gasteiger partial charge in [0.15, 0.2) is 11.1 Å². The molecule has 0 aliphatic heterocycles. The second-order valence-electron chi connectivity index (χ2n) is 12.6. The van der Waals surface area contributed by atoms with Gasteiger partial charge in [-0.3, -0.25) is 14.4 Å². The lowest BCUT2D eigenvalue weighted by Gasteiger charge is -2.61. The van der Waals surface area contributed by atoms with Crippen LogP contribution in [0.15, 0.2) is 0 Å². The molecule has 0 spiro atoms. The van der Waals surface area contributed by atoms with E-state index in [4.69, 9.17) is 4.55 Å². The van der Waals surface area contributed by atoms with Crippen LogP contribution in [0.4, 0.5) is 0 Å². The molecule has 0 aromatic rings. The standard InChI is InChI=1S/C28H45NO5S/c1-5-19-23-16-18(30)10-12-28(23,4)22-11-13-27(3)20(7-8-21(27)25(22)26(19)32)17(2)6-9-24(31)29-14-15-35(33)34/h17,19-23,25H,5-16H2,1-4H3,(H,29,31)(H,33,34). The van der Waals surface area contributed by atoms with E-state index in [2.05, 4.69) is 33.0 Å². The summed E-state index contributed by atoms with van der Waals surface area (Å²) in [5.74, 6) is 2.94. The summed E-state index contributed by atoms with van der Waals surface area (Å²) in [4.78, 5) is 38.6. The van der Waals surface area contributed by atoms with Crippen LogP contribution in [0.5, 0.6) is 0 Å². The van der Waals surface area contributed by atoms with Crippen LogP contribution in [0, 0.1) is 52.3 Å². The maximum Gasteiger partial charge on any atom is 0.220 e. The fraction of sp³-hybridized carbons (Fsp3) is 0.893. The minimum Gasteiger partial charge on any atom is -0.355 e. The molecule has 4 aliphatic rings. The summed E-state index contributed by atoms with van der Waals surface area (Å²) in [6.45, 7) is 9.45. The number of hydrogen-bond acceptors (Lipinski definition) is 4. The number of nitrogens with one attached hydrogen (secondary N) is 1. The van der Waals surface area contributed by atoms with E-state index in [1.54, 1.807) is 0 Å². The predicted octanol–water partition coefficient (Wildman–Crippen LogP) is 4.78. The lowest BCUT2D eigenvalue weighted by molar-refractivity contribution is -0.169. The number of Topliss-reactive ketones (excluding diaryl/α,β-unsaturated/α-hetero) is 2. The molecule has 35 heavy (non-hydrogen) atoms. The molecule has 0 aromatic heterocycles. The van der Waals surface area contributed by atoms with Crippen molar-refractivity contribution in [2.75, 3.05) is 12.3 Å². The van der Waals surface area contributed by atoms with E-state index < -0.39 is 11.1 Å². The Labute approximate surface area is 213 Å². The molecule has 1 amide bonds. The number of hydrogen-bond donors (Lipinski definition) is 2. The van der Waals surface area contributed by atoms with Crippen LogP contribution < -0.4 is 5.32 Å². The Morgan fingerprint density at radius 3 is 2.51 bits per heavy atom. The van der Waals surface area contributed by atoms with Gasteiger partial charge in [0.2, 0.25) is 5.91 Å². The lowest BCUT2D eigenvalue weighted by Crippen LogP contribution is -2.60. The minimum absolute atomic E-state index is 0.0290. The second kappa shape index (κ2) is 10.4. The molecule has 10 unspecified atom stereocenters. The number of ketones is 2. The van der Waals surface area contributed by atoms with Crippen molar-refractivity contribution in [2.45, 2.75) is 91.9 Å². The molecule has 0 radical (unpaired) electrons. The molecule has 4 fully saturated rings. The first-order valence-corrected chi connectivity index (χ1v) is 15.2. The second-order valence-corrected chi connectivity index (χ2v) is 13.7. The molecule has 0 aromatic carbocycles. The molecule has 4 aliphatic carbocycles. The van der Waals surface area contributed by atoms with Crippen molar-refractivity contribution in [1.29, 1.82) is 0 Å². The van der Waals surface area contributed by atoms with Crippen molar-refractivity contribution < 1.29 is 23.1 Å². The monoisotopic (exact) mass is 507 g/mol. The third kappa shape index (κ3) is 4.81. The van der Waals surface area contributed by atoms with Crippen molar-refractivity contribution in [3.63, 3.8) is 0 Å². The van der Waals surface area contributed by atoms with Gasteiger partial charge in [0, 0.05) is 37.6 Å². The van der Waals surface area contributed by atoms with Gasteiger partial charge in [0.25, 0.3) is 0 Å². The summed E-state index contributed by atoms with van der Waals surface area (Å²) < 4.78 is 19.7. The third-order valence-corrected chi connectivity index (χ3v) is 11.7. The average Bonchev–Trinajstić information content (AvgIpc) is 3.16. The van der Waals surface area contributed by atoms with Crippen molar-refractivity contribution in [1.82, 2.24) is 5.32 Å². The number of carbonyl (C=O) groups excluding carboxylic acids is 3. The Morgan fingerprint density at radius 1 is 1.11 bits per heavy atom. The Hall–Kier alpha value is -1.08. The van der Waals surface area contributed by atoms with Gasteiger partial charge >= 0.3 is 0 Å². The van der Waals surface area contributed by atoms with Gasteiger partial charge in [-0.1, -0.05) is 27.7 Å². The molecule has 0 heterocycles. The topological polar surface area (TPSA) is 101 Å². The highest BCUT2D eigenvalue weighted by Crippen LogP contribution is 2.68. The zero-order valence-corrected chi connectivity index (χ0v) is 22.8. The third-order valence-electron chi connectivity index (χ3n) is 11.2. The van der Waals surface area contributed by atoms with Gasteiger partial charge < -0.3 is 9.87 Å². The summed E-state index contributed by atoms with van der Waals surface area (Å²) in [5.41, 5.74) is 0.237. The molecule has 0 bridgehead atoms. The molecule has 10 atom stereocenters. The van der Waals surface area contributed by atoms with Gasteiger partial charge in [-0.2, -0.15) is 0 Å². The van der Waals surface area contributed by atoms with E-state index in [1.165, 1.54) is 0 Å². The molecule has 0 saturated heterocycles. The predicted molar refractivity (Wildman–Crippen MR) is 137 cm³/mol. The van der Waals surface area contributed by atoms with E-state index in [-0.39, 0.29) is 46.8 Å². The lowest BCUT2D eigenvalue weighted by atomic mass is 9.42. The highest BCUT2D eigenvalue weighted by molar-refractivity contribution is 7.79. The number of rotatable bonds is 8. The summed E-state index contributed by atoms with van der Waals surface area (Å²) >= 11 is -1.88. The molecular formula is C28H45NO5S. The zero-order chi connectivity index (χ0) is 25.5. The first-order valence-electron chi connectivity index (χ1n) is 13.9. The molecule has 2 N–H and O–H groups in total. The van der Waals surface area contributed by atoms with E-state index in [9.17, 15) is 18.6 Å². The van der Waals surface area contributed by atoms with Crippen molar-refractivity contribution >= 4 is 28.6 Å². The van der Waals surface area contributed by atoms with Crippen LogP contribution in [-0.2, 0) is 25.5 Å². The fourth-order valence-electron chi connectivity index (χ4n) is 9.35. The van der Waals surface area contributed by atoms with Crippen LogP contribution in [0.1, 0.15) is 91.9 Å². The largest absolute Gasteiger partial charge is 0.355 e. The molecule has 4 saturated carbocycles. The number of carbonyl (C=O) groups is 3. The first kappa shape index (κ1) is 27.0. The smallest absolute Gasteiger partial charge is 0.220 e. The van der Waals surface area contributed by atoms with Gasteiger partial charge in [-0.05, 0) is 85.4 Å². The van der Waals surface area contributed by atoms with E-state index >= 15 is 0 Å². The zero-order valence-electron chi connectivity index (χ0n) is 22.0. The molecule has 198 valence electrons. The molecule has 4 rings (SSSR count). The minimum atomic E-state index is -1.88. The Balaban J connectivity index is 1.47. The van der Waals surface area contributed by atoms with E-state index in [1.807, 2.05) is 0 Å². The van der Waals surface area contributed by atoms with Crippen LogP contribution in [0.2, 0.25) is 0 Å². The van der Waals surface area contributed by atoms with Crippen LogP contribution in [-0.4, -0.2) is 38.5 Å². The van der Waals surface area contributed by atoms with Gasteiger partial charge in [0.1, 0.15) is 11.6 Å². The number of amides is 1. The Morgan fingerprint density at radius 2 is 1.83 bits per heavy atom. The van der Waals surface area contributed by atoms with Gasteiger partial charge in [-0.25, -0.2) is 4.21 Å². The highest BCUT2D eigenvalue weighted by atomic mass is 32.2. The van der Waals surface area contributed by atoms with Crippen molar-refractivity contribution in [3.05, 3.63) is 0 Å². The Bertz CT molecular complexity index is 875. The Kier molecular flexibility index (Phi) is 7.98. The van der Waals surface area contributed by atoms with Crippen LogP contribution in [0.3, 0.4) is 0 Å². The fourth-order valence-corrected chi connectivity index (χ4v) is 9.62. The molecule has 7 heteroatoms. The van der Waals surface area contributed by atoms with Crippen molar-refractivity contribution in [3.8, 4) is 0 Å².